The van der Waals surface area contributed by atoms with E-state index in [0.29, 0.717) is 36.1 Å². The predicted molar refractivity (Wildman–Crippen MR) is 110 cm³/mol. The van der Waals surface area contributed by atoms with Crippen LogP contribution in [0, 0.1) is 0 Å². The summed E-state index contributed by atoms with van der Waals surface area (Å²) < 4.78 is 16.3. The van der Waals surface area contributed by atoms with E-state index in [1.807, 2.05) is 49.4 Å². The van der Waals surface area contributed by atoms with Crippen molar-refractivity contribution in [2.75, 3.05) is 20.8 Å². The molecule has 7 heteroatoms. The highest BCUT2D eigenvalue weighted by Gasteiger charge is 2.20. The Morgan fingerprint density at radius 3 is 2.68 bits per heavy atom. The molecule has 0 aliphatic carbocycles. The Morgan fingerprint density at radius 2 is 1.96 bits per heavy atom. The minimum Gasteiger partial charge on any atom is -0.493 e. The maximum absolute atomic E-state index is 12.6. The molecule has 0 saturated carbocycles. The van der Waals surface area contributed by atoms with E-state index < -0.39 is 0 Å². The average molecular weight is 401 g/mol. The van der Waals surface area contributed by atoms with Gasteiger partial charge in [0.2, 0.25) is 5.91 Å². The van der Waals surface area contributed by atoms with Crippen LogP contribution < -0.4 is 14.8 Å². The number of amides is 1. The van der Waals surface area contributed by atoms with Crippen molar-refractivity contribution < 1.29 is 18.7 Å². The molecule has 0 saturated heterocycles. The van der Waals surface area contributed by atoms with Gasteiger partial charge in [-0.25, -0.2) is 4.98 Å². The molecule has 0 fully saturated rings. The van der Waals surface area contributed by atoms with Crippen LogP contribution in [-0.2, 0) is 11.2 Å². The van der Waals surface area contributed by atoms with Crippen LogP contribution in [0.15, 0.2) is 52.1 Å². The van der Waals surface area contributed by atoms with Gasteiger partial charge >= 0.3 is 0 Å². The quantitative estimate of drug-likeness (QED) is 0.546. The number of hydrogen-bond donors (Lipinski definition) is 1. The zero-order chi connectivity index (χ0) is 19.9. The molecule has 0 aliphatic rings. The number of rotatable bonds is 9. The number of carbonyl (C=O) groups excluding carboxylic acids is 1. The molecular formula is C21H24N2O4S. The first kappa shape index (κ1) is 20.1. The summed E-state index contributed by atoms with van der Waals surface area (Å²) >= 11 is 1.35. The molecule has 2 aromatic carbocycles. The summed E-state index contributed by atoms with van der Waals surface area (Å²) in [6.07, 6.45) is 1.39. The number of aromatic nitrogens is 1. The van der Waals surface area contributed by atoms with Crippen molar-refractivity contribution in [2.45, 2.75) is 30.2 Å². The lowest BCUT2D eigenvalue weighted by Gasteiger charge is -2.13. The van der Waals surface area contributed by atoms with Gasteiger partial charge in [0.15, 0.2) is 17.1 Å². The normalized spacial score (nSPS) is 12.0. The molecule has 1 amide bonds. The van der Waals surface area contributed by atoms with Gasteiger partial charge in [0.25, 0.3) is 5.22 Å². The summed E-state index contributed by atoms with van der Waals surface area (Å²) in [5, 5.41) is 3.27. The van der Waals surface area contributed by atoms with E-state index in [-0.39, 0.29) is 11.2 Å². The Balaban J connectivity index is 1.55. The second kappa shape index (κ2) is 9.50. The first-order valence-corrected chi connectivity index (χ1v) is 10.0. The minimum atomic E-state index is -0.251. The Hall–Kier alpha value is -2.67. The molecule has 0 radical (unpaired) electrons. The summed E-state index contributed by atoms with van der Waals surface area (Å²) in [5.41, 5.74) is 2.60. The highest BCUT2D eigenvalue weighted by Crippen LogP contribution is 2.29. The molecule has 1 heterocycles. The maximum Gasteiger partial charge on any atom is 0.257 e. The molecule has 3 rings (SSSR count). The van der Waals surface area contributed by atoms with Crippen molar-refractivity contribution >= 4 is 28.8 Å². The second-order valence-corrected chi connectivity index (χ2v) is 7.35. The topological polar surface area (TPSA) is 73.6 Å². The SMILES string of the molecule is CCC(Sc1nc2ccccc2o1)C(=O)NCCc1ccc(OC)c(OC)c1. The highest BCUT2D eigenvalue weighted by atomic mass is 32.2. The number of nitrogens with one attached hydrogen (secondary N) is 1. The smallest absolute Gasteiger partial charge is 0.257 e. The zero-order valence-corrected chi connectivity index (χ0v) is 17.0. The Kier molecular flexibility index (Phi) is 6.81. The summed E-state index contributed by atoms with van der Waals surface area (Å²) in [6.45, 7) is 2.52. The number of ether oxygens (including phenoxy) is 2. The Labute approximate surface area is 168 Å². The number of para-hydroxylation sites is 2. The molecule has 0 bridgehead atoms. The van der Waals surface area contributed by atoms with Crippen LogP contribution in [0.3, 0.4) is 0 Å². The predicted octanol–water partition coefficient (Wildman–Crippen LogP) is 4.07. The first-order valence-electron chi connectivity index (χ1n) is 9.15. The van der Waals surface area contributed by atoms with Crippen LogP contribution in [0.1, 0.15) is 18.9 Å². The minimum absolute atomic E-state index is 0.0183. The van der Waals surface area contributed by atoms with Crippen molar-refractivity contribution in [1.82, 2.24) is 10.3 Å². The summed E-state index contributed by atoms with van der Waals surface area (Å²) in [4.78, 5) is 17.0. The van der Waals surface area contributed by atoms with Crippen molar-refractivity contribution in [1.29, 1.82) is 0 Å². The van der Waals surface area contributed by atoms with Crippen molar-refractivity contribution in [2.24, 2.45) is 0 Å². The van der Waals surface area contributed by atoms with Crippen LogP contribution >= 0.6 is 11.8 Å². The van der Waals surface area contributed by atoms with Gasteiger partial charge < -0.3 is 19.2 Å². The number of nitrogens with zero attached hydrogens (tertiary/aromatic N) is 1. The lowest BCUT2D eigenvalue weighted by molar-refractivity contribution is -0.120. The van der Waals surface area contributed by atoms with Gasteiger partial charge in [-0.1, -0.05) is 36.9 Å². The Bertz CT molecular complexity index is 908. The number of benzene rings is 2. The number of oxazole rings is 1. The average Bonchev–Trinajstić information content (AvgIpc) is 3.14. The van der Waals surface area contributed by atoms with Gasteiger partial charge in [0.1, 0.15) is 5.52 Å². The fourth-order valence-electron chi connectivity index (χ4n) is 2.83. The number of carbonyl (C=O) groups is 1. The van der Waals surface area contributed by atoms with Gasteiger partial charge in [0.05, 0.1) is 19.5 Å². The van der Waals surface area contributed by atoms with E-state index in [0.717, 1.165) is 16.7 Å². The zero-order valence-electron chi connectivity index (χ0n) is 16.2. The van der Waals surface area contributed by atoms with Crippen molar-refractivity contribution in [3.05, 3.63) is 48.0 Å². The monoisotopic (exact) mass is 400 g/mol. The largest absolute Gasteiger partial charge is 0.493 e. The highest BCUT2D eigenvalue weighted by molar-refractivity contribution is 8.00. The molecule has 1 aromatic heterocycles. The van der Waals surface area contributed by atoms with Crippen molar-refractivity contribution in [3.8, 4) is 11.5 Å². The second-order valence-electron chi connectivity index (χ2n) is 6.19. The van der Waals surface area contributed by atoms with E-state index in [1.54, 1.807) is 14.2 Å². The molecule has 1 atom stereocenters. The summed E-state index contributed by atoms with van der Waals surface area (Å²) in [5.74, 6) is 1.36. The molecule has 3 aromatic rings. The van der Waals surface area contributed by atoms with E-state index >= 15 is 0 Å². The van der Waals surface area contributed by atoms with Crippen LogP contribution in [0.4, 0.5) is 0 Å². The third-order valence-corrected chi connectivity index (χ3v) is 5.55. The molecule has 0 spiro atoms. The molecular weight excluding hydrogens is 376 g/mol. The lowest BCUT2D eigenvalue weighted by atomic mass is 10.1. The standard InChI is InChI=1S/C21H24N2O4S/c1-4-19(28-21-23-15-7-5-6-8-16(15)27-21)20(24)22-12-11-14-9-10-17(25-2)18(13-14)26-3/h5-10,13,19H,4,11-12H2,1-3H3,(H,22,24). The van der Waals surface area contributed by atoms with Gasteiger partial charge in [-0.2, -0.15) is 0 Å². The van der Waals surface area contributed by atoms with Gasteiger partial charge in [0, 0.05) is 6.54 Å². The van der Waals surface area contributed by atoms with Crippen molar-refractivity contribution in [3.63, 3.8) is 0 Å². The van der Waals surface area contributed by atoms with Crippen LogP contribution in [-0.4, -0.2) is 36.9 Å². The van der Waals surface area contributed by atoms with E-state index in [2.05, 4.69) is 10.3 Å². The van der Waals surface area contributed by atoms with E-state index in [1.165, 1.54) is 11.8 Å². The molecule has 28 heavy (non-hydrogen) atoms. The van der Waals surface area contributed by atoms with Crippen LogP contribution in [0.5, 0.6) is 11.5 Å². The fraction of sp³-hybridized carbons (Fsp3) is 0.333. The number of thioether (sulfide) groups is 1. The number of hydrogen-bond acceptors (Lipinski definition) is 6. The third-order valence-electron chi connectivity index (χ3n) is 4.34. The van der Waals surface area contributed by atoms with Gasteiger partial charge in [-0.15, -0.1) is 0 Å². The summed E-state index contributed by atoms with van der Waals surface area (Å²) in [7, 11) is 3.22. The van der Waals surface area contributed by atoms with Crippen LogP contribution in [0.2, 0.25) is 0 Å². The molecule has 0 aliphatic heterocycles. The third kappa shape index (κ3) is 4.78. The van der Waals surface area contributed by atoms with Gasteiger partial charge in [-0.05, 0) is 42.7 Å². The summed E-state index contributed by atoms with van der Waals surface area (Å²) in [6, 6.07) is 13.3. The number of methoxy groups -OCH3 is 2. The van der Waals surface area contributed by atoms with E-state index in [4.69, 9.17) is 13.9 Å². The molecule has 1 N–H and O–H groups in total. The first-order chi connectivity index (χ1) is 13.6. The molecule has 1 unspecified atom stereocenters. The fourth-order valence-corrected chi connectivity index (χ4v) is 3.71. The molecule has 148 valence electrons. The number of fused-ring (bicyclic) bond motifs is 1. The maximum atomic E-state index is 12.6. The molecule has 6 nitrogen and oxygen atoms in total. The lowest BCUT2D eigenvalue weighted by Crippen LogP contribution is -2.33. The Morgan fingerprint density at radius 1 is 1.18 bits per heavy atom. The van der Waals surface area contributed by atoms with Gasteiger partial charge in [-0.3, -0.25) is 4.79 Å². The van der Waals surface area contributed by atoms with E-state index in [9.17, 15) is 4.79 Å². The van der Waals surface area contributed by atoms with Crippen LogP contribution in [0.25, 0.3) is 11.1 Å².